The van der Waals surface area contributed by atoms with Crippen LogP contribution >= 0.6 is 0 Å². The summed E-state index contributed by atoms with van der Waals surface area (Å²) in [6.45, 7) is 7.80. The first-order valence-corrected chi connectivity index (χ1v) is 8.87. The minimum absolute atomic E-state index is 0.180. The highest BCUT2D eigenvalue weighted by atomic mass is 16.5. The van der Waals surface area contributed by atoms with Crippen LogP contribution in [-0.2, 0) is 22.5 Å². The number of hydrogen-bond donors (Lipinski definition) is 1. The van der Waals surface area contributed by atoms with Gasteiger partial charge >= 0.3 is 0 Å². The Morgan fingerprint density at radius 2 is 1.80 bits per heavy atom. The van der Waals surface area contributed by atoms with Crippen LogP contribution in [-0.4, -0.2) is 37.1 Å². The van der Waals surface area contributed by atoms with Gasteiger partial charge < -0.3 is 15.0 Å². The minimum Gasteiger partial charge on any atom is -0.381 e. The van der Waals surface area contributed by atoms with Crippen LogP contribution in [0.4, 0.5) is 5.69 Å². The van der Waals surface area contributed by atoms with Gasteiger partial charge in [-0.25, -0.2) is 0 Å². The Balaban J connectivity index is 1.55. The van der Waals surface area contributed by atoms with Crippen molar-refractivity contribution < 1.29 is 9.53 Å². The Morgan fingerprint density at radius 3 is 2.52 bits per heavy atom. The summed E-state index contributed by atoms with van der Waals surface area (Å²) in [6.07, 6.45) is 0.456. The molecule has 1 amide bonds. The van der Waals surface area contributed by atoms with Crippen molar-refractivity contribution in [3.63, 3.8) is 0 Å². The summed E-state index contributed by atoms with van der Waals surface area (Å²) in [6, 6.07) is 14.6. The Kier molecular flexibility index (Phi) is 5.71. The van der Waals surface area contributed by atoms with E-state index in [0.29, 0.717) is 32.7 Å². The van der Waals surface area contributed by atoms with Crippen molar-refractivity contribution in [1.82, 2.24) is 4.90 Å². The van der Waals surface area contributed by atoms with E-state index in [1.54, 1.807) is 0 Å². The van der Waals surface area contributed by atoms with Gasteiger partial charge in [0.15, 0.2) is 0 Å². The van der Waals surface area contributed by atoms with Crippen molar-refractivity contribution in [2.24, 2.45) is 0 Å². The molecule has 0 saturated carbocycles. The fourth-order valence-electron chi connectivity index (χ4n) is 3.04. The fraction of sp³-hybridized carbons (Fsp3) is 0.381. The summed E-state index contributed by atoms with van der Waals surface area (Å²) in [5, 5.41) is 3.46. The van der Waals surface area contributed by atoms with Crippen LogP contribution in [0.15, 0.2) is 42.5 Å². The lowest BCUT2D eigenvalue weighted by molar-refractivity contribution is -0.134. The number of benzene rings is 2. The molecule has 25 heavy (non-hydrogen) atoms. The number of morpholine rings is 1. The molecule has 0 unspecified atom stereocenters. The van der Waals surface area contributed by atoms with Gasteiger partial charge in [0.1, 0.15) is 0 Å². The molecule has 2 aromatic rings. The zero-order valence-electron chi connectivity index (χ0n) is 15.0. The summed E-state index contributed by atoms with van der Waals surface area (Å²) < 4.78 is 5.29. The van der Waals surface area contributed by atoms with E-state index in [1.807, 2.05) is 29.2 Å². The number of aryl methyl sites for hydroxylation is 1. The molecular formula is C21H26N2O2. The van der Waals surface area contributed by atoms with Crippen LogP contribution in [0.2, 0.25) is 0 Å². The van der Waals surface area contributed by atoms with Crippen molar-refractivity contribution >= 4 is 11.6 Å². The van der Waals surface area contributed by atoms with Gasteiger partial charge in [-0.05, 0) is 48.2 Å². The van der Waals surface area contributed by atoms with Gasteiger partial charge in [-0.2, -0.15) is 0 Å². The molecule has 3 rings (SSSR count). The lowest BCUT2D eigenvalue weighted by Crippen LogP contribution is -2.41. The molecule has 1 heterocycles. The molecule has 2 aromatic carbocycles. The van der Waals surface area contributed by atoms with Crippen LogP contribution < -0.4 is 5.32 Å². The SMILES string of the molecule is Cc1cccc(CNc2ccc(CC(=O)N3CCOCC3)cc2)c1C. The summed E-state index contributed by atoms with van der Waals surface area (Å²) in [5.74, 6) is 0.180. The molecule has 0 bridgehead atoms. The number of ether oxygens (including phenoxy) is 1. The molecule has 4 nitrogen and oxygen atoms in total. The fourth-order valence-corrected chi connectivity index (χ4v) is 3.04. The monoisotopic (exact) mass is 338 g/mol. The second-order valence-electron chi connectivity index (χ2n) is 6.58. The smallest absolute Gasteiger partial charge is 0.227 e. The quantitative estimate of drug-likeness (QED) is 0.909. The van der Waals surface area contributed by atoms with Gasteiger partial charge in [-0.3, -0.25) is 4.79 Å². The molecule has 132 valence electrons. The maximum absolute atomic E-state index is 12.3. The van der Waals surface area contributed by atoms with Crippen molar-refractivity contribution in [2.45, 2.75) is 26.8 Å². The van der Waals surface area contributed by atoms with E-state index in [-0.39, 0.29) is 5.91 Å². The van der Waals surface area contributed by atoms with E-state index in [2.05, 4.69) is 37.4 Å². The largest absolute Gasteiger partial charge is 0.381 e. The van der Waals surface area contributed by atoms with Gasteiger partial charge in [0, 0.05) is 25.3 Å². The molecule has 0 radical (unpaired) electrons. The average molecular weight is 338 g/mol. The van der Waals surface area contributed by atoms with Crippen LogP contribution in [0.5, 0.6) is 0 Å². The number of amides is 1. The van der Waals surface area contributed by atoms with Gasteiger partial charge in [-0.15, -0.1) is 0 Å². The Bertz CT molecular complexity index is 719. The molecule has 1 aliphatic heterocycles. The van der Waals surface area contributed by atoms with Crippen molar-refractivity contribution in [1.29, 1.82) is 0 Å². The summed E-state index contributed by atoms with van der Waals surface area (Å²) in [5.41, 5.74) is 6.09. The maximum atomic E-state index is 12.3. The predicted molar refractivity (Wildman–Crippen MR) is 101 cm³/mol. The number of rotatable bonds is 5. The molecule has 1 aliphatic rings. The molecule has 0 aromatic heterocycles. The first-order chi connectivity index (χ1) is 12.1. The lowest BCUT2D eigenvalue weighted by Gasteiger charge is -2.26. The van der Waals surface area contributed by atoms with E-state index >= 15 is 0 Å². The third-order valence-electron chi connectivity index (χ3n) is 4.87. The Hall–Kier alpha value is -2.33. The standard InChI is InChI=1S/C21H26N2O2/c1-16-4-3-5-19(17(16)2)15-22-20-8-6-18(7-9-20)14-21(24)23-10-12-25-13-11-23/h3-9,22H,10-15H2,1-2H3. The summed E-state index contributed by atoms with van der Waals surface area (Å²) in [7, 11) is 0. The number of hydrogen-bond acceptors (Lipinski definition) is 3. The van der Waals surface area contributed by atoms with E-state index in [0.717, 1.165) is 17.8 Å². The third-order valence-corrected chi connectivity index (χ3v) is 4.87. The van der Waals surface area contributed by atoms with Crippen molar-refractivity contribution in [2.75, 3.05) is 31.6 Å². The molecule has 1 N–H and O–H groups in total. The maximum Gasteiger partial charge on any atom is 0.227 e. The normalized spacial score (nSPS) is 14.4. The molecule has 1 fully saturated rings. The predicted octanol–water partition coefficient (Wildman–Crippen LogP) is 3.32. The number of carbonyl (C=O) groups excluding carboxylic acids is 1. The average Bonchev–Trinajstić information content (AvgIpc) is 2.65. The van der Waals surface area contributed by atoms with E-state index in [1.165, 1.54) is 16.7 Å². The second-order valence-corrected chi connectivity index (χ2v) is 6.58. The summed E-state index contributed by atoms with van der Waals surface area (Å²) in [4.78, 5) is 14.2. The van der Waals surface area contributed by atoms with E-state index < -0.39 is 0 Å². The molecule has 1 saturated heterocycles. The van der Waals surface area contributed by atoms with Crippen LogP contribution in [0.25, 0.3) is 0 Å². The Labute approximate surface area is 149 Å². The van der Waals surface area contributed by atoms with Gasteiger partial charge in [-0.1, -0.05) is 30.3 Å². The second kappa shape index (κ2) is 8.17. The highest BCUT2D eigenvalue weighted by Gasteiger charge is 2.16. The summed E-state index contributed by atoms with van der Waals surface area (Å²) >= 11 is 0. The molecule has 0 atom stereocenters. The van der Waals surface area contributed by atoms with Crippen molar-refractivity contribution in [3.05, 3.63) is 64.7 Å². The topological polar surface area (TPSA) is 41.6 Å². The number of carbonyl (C=O) groups is 1. The van der Waals surface area contributed by atoms with E-state index in [4.69, 9.17) is 4.74 Å². The Morgan fingerprint density at radius 1 is 1.08 bits per heavy atom. The molecule has 0 aliphatic carbocycles. The lowest BCUT2D eigenvalue weighted by atomic mass is 10.0. The third kappa shape index (κ3) is 4.60. The highest BCUT2D eigenvalue weighted by Crippen LogP contribution is 2.16. The number of nitrogens with zero attached hydrogens (tertiary/aromatic N) is 1. The zero-order valence-corrected chi connectivity index (χ0v) is 15.0. The van der Waals surface area contributed by atoms with Crippen molar-refractivity contribution in [3.8, 4) is 0 Å². The molecule has 4 heteroatoms. The molecular weight excluding hydrogens is 312 g/mol. The van der Waals surface area contributed by atoms with Crippen LogP contribution in [0.3, 0.4) is 0 Å². The van der Waals surface area contributed by atoms with E-state index in [9.17, 15) is 4.79 Å². The van der Waals surface area contributed by atoms with Gasteiger partial charge in [0.2, 0.25) is 5.91 Å². The van der Waals surface area contributed by atoms with Crippen LogP contribution in [0, 0.1) is 13.8 Å². The number of anilines is 1. The zero-order chi connectivity index (χ0) is 17.6. The van der Waals surface area contributed by atoms with Crippen LogP contribution in [0.1, 0.15) is 22.3 Å². The van der Waals surface area contributed by atoms with Gasteiger partial charge in [0.25, 0.3) is 0 Å². The number of nitrogens with one attached hydrogen (secondary N) is 1. The molecule has 0 spiro atoms. The first-order valence-electron chi connectivity index (χ1n) is 8.87. The minimum atomic E-state index is 0.180. The highest BCUT2D eigenvalue weighted by molar-refractivity contribution is 5.79. The first kappa shape index (κ1) is 17.5. The van der Waals surface area contributed by atoms with Gasteiger partial charge in [0.05, 0.1) is 19.6 Å².